The normalized spacial score (nSPS) is 12.2. The molecule has 3 nitrogen and oxygen atoms in total. The fourth-order valence-electron chi connectivity index (χ4n) is 8.03. The average molecular weight is 714 g/mol. The highest BCUT2D eigenvalue weighted by Crippen LogP contribution is 2.40. The minimum Gasteiger partial charge on any atom is -0.316 e. The Kier molecular flexibility index (Phi) is 8.27. The zero-order chi connectivity index (χ0) is 37.9. The lowest BCUT2D eigenvalue weighted by molar-refractivity contribution is 0.590. The first-order valence-corrected chi connectivity index (χ1v) is 19.4. The molecule has 55 heavy (non-hydrogen) atoms. The van der Waals surface area contributed by atoms with Crippen LogP contribution < -0.4 is 4.90 Å². The van der Waals surface area contributed by atoms with Crippen LogP contribution >= 0.6 is 0 Å². The lowest BCUT2D eigenvalue weighted by Crippen LogP contribution is -2.14. The standard InChI is InChI=1S/C52H47N3/c1-51(2,3)38-18-24-41(25-19-38)54(42-26-20-39(21-27-42)52(4,5)6)43-28-30-44(31-29-43)55-49-15-11-10-14-45(49)46-32-33-48-47(50(46)55)34-35-53(48)40-22-16-37(17-23-40)36-12-8-7-9-13-36/h7-35H,1-6H3. The number of para-hydroxylation sites is 1. The van der Waals surface area contributed by atoms with Crippen LogP contribution in [0.15, 0.2) is 176 Å². The van der Waals surface area contributed by atoms with Crippen LogP contribution in [0.1, 0.15) is 52.7 Å². The highest BCUT2D eigenvalue weighted by atomic mass is 15.1. The molecule has 9 aromatic rings. The van der Waals surface area contributed by atoms with E-state index in [2.05, 4.69) is 232 Å². The topological polar surface area (TPSA) is 13.1 Å². The Morgan fingerprint density at radius 3 is 1.47 bits per heavy atom. The maximum absolute atomic E-state index is 2.44. The molecule has 270 valence electrons. The fraction of sp³-hybridized carbons (Fsp3) is 0.154. The van der Waals surface area contributed by atoms with E-state index in [0.29, 0.717) is 0 Å². The van der Waals surface area contributed by atoms with Gasteiger partial charge in [-0.2, -0.15) is 0 Å². The van der Waals surface area contributed by atoms with Gasteiger partial charge in [-0.3, -0.25) is 0 Å². The Labute approximate surface area is 324 Å². The van der Waals surface area contributed by atoms with Gasteiger partial charge in [0, 0.05) is 50.8 Å². The molecule has 2 heterocycles. The zero-order valence-electron chi connectivity index (χ0n) is 32.6. The molecular weight excluding hydrogens is 667 g/mol. The lowest BCUT2D eigenvalue weighted by atomic mass is 9.86. The van der Waals surface area contributed by atoms with Gasteiger partial charge in [-0.15, -0.1) is 0 Å². The molecule has 7 aromatic carbocycles. The van der Waals surface area contributed by atoms with Crippen molar-refractivity contribution >= 4 is 49.8 Å². The molecule has 0 saturated heterocycles. The molecule has 0 fully saturated rings. The second-order valence-corrected chi connectivity index (χ2v) is 16.8. The number of hydrogen-bond donors (Lipinski definition) is 0. The SMILES string of the molecule is CC(C)(C)c1ccc(N(c2ccc(-n3c4ccccc4c4ccc5c(ccn5-c5ccc(-c6ccccc6)cc5)c43)cc2)c2ccc(C(C)(C)C)cc2)cc1. The van der Waals surface area contributed by atoms with E-state index < -0.39 is 0 Å². The number of hydrogen-bond acceptors (Lipinski definition) is 1. The Balaban J connectivity index is 1.15. The monoisotopic (exact) mass is 713 g/mol. The van der Waals surface area contributed by atoms with Gasteiger partial charge < -0.3 is 14.0 Å². The Morgan fingerprint density at radius 1 is 0.382 bits per heavy atom. The molecule has 3 heteroatoms. The van der Waals surface area contributed by atoms with E-state index in [9.17, 15) is 0 Å². The van der Waals surface area contributed by atoms with Crippen molar-refractivity contribution in [3.63, 3.8) is 0 Å². The van der Waals surface area contributed by atoms with Crippen molar-refractivity contribution in [1.82, 2.24) is 9.13 Å². The highest BCUT2D eigenvalue weighted by Gasteiger charge is 2.20. The molecular formula is C52H47N3. The maximum Gasteiger partial charge on any atom is 0.0635 e. The number of benzene rings is 7. The van der Waals surface area contributed by atoms with Gasteiger partial charge in [0.15, 0.2) is 0 Å². The van der Waals surface area contributed by atoms with E-state index in [1.54, 1.807) is 0 Å². The van der Waals surface area contributed by atoms with E-state index in [1.807, 2.05) is 0 Å². The van der Waals surface area contributed by atoms with Gasteiger partial charge in [0.2, 0.25) is 0 Å². The number of aromatic nitrogens is 2. The van der Waals surface area contributed by atoms with Crippen molar-refractivity contribution in [2.24, 2.45) is 0 Å². The van der Waals surface area contributed by atoms with Gasteiger partial charge in [0.05, 0.1) is 16.6 Å². The largest absolute Gasteiger partial charge is 0.316 e. The van der Waals surface area contributed by atoms with E-state index in [1.165, 1.54) is 55.0 Å². The molecule has 0 amide bonds. The van der Waals surface area contributed by atoms with E-state index >= 15 is 0 Å². The summed E-state index contributed by atoms with van der Waals surface area (Å²) in [6.07, 6.45) is 2.21. The summed E-state index contributed by atoms with van der Waals surface area (Å²) in [6, 6.07) is 62.3. The van der Waals surface area contributed by atoms with E-state index in [0.717, 1.165) is 28.4 Å². The van der Waals surface area contributed by atoms with Gasteiger partial charge >= 0.3 is 0 Å². The summed E-state index contributed by atoms with van der Waals surface area (Å²) in [5.41, 5.74) is 14.5. The lowest BCUT2D eigenvalue weighted by Gasteiger charge is -2.28. The molecule has 0 N–H and O–H groups in total. The number of rotatable bonds is 6. The summed E-state index contributed by atoms with van der Waals surface area (Å²) in [5, 5.41) is 3.73. The zero-order valence-corrected chi connectivity index (χ0v) is 32.6. The van der Waals surface area contributed by atoms with Crippen LogP contribution in [0.5, 0.6) is 0 Å². The van der Waals surface area contributed by atoms with Crippen LogP contribution in [0.25, 0.3) is 55.2 Å². The van der Waals surface area contributed by atoms with Crippen LogP contribution in [-0.4, -0.2) is 9.13 Å². The van der Waals surface area contributed by atoms with Gasteiger partial charge in [0.25, 0.3) is 0 Å². The minimum absolute atomic E-state index is 0.0844. The summed E-state index contributed by atoms with van der Waals surface area (Å²) in [7, 11) is 0. The van der Waals surface area contributed by atoms with Crippen molar-refractivity contribution in [2.75, 3.05) is 4.90 Å². The molecule has 0 bridgehead atoms. The third kappa shape index (κ3) is 6.20. The first-order valence-electron chi connectivity index (χ1n) is 19.4. The second kappa shape index (κ2) is 13.2. The predicted molar refractivity (Wildman–Crippen MR) is 235 cm³/mol. The van der Waals surface area contributed by atoms with Crippen LogP contribution in [0.2, 0.25) is 0 Å². The van der Waals surface area contributed by atoms with Crippen LogP contribution in [0.3, 0.4) is 0 Å². The Bertz CT molecular complexity index is 2710. The van der Waals surface area contributed by atoms with Crippen LogP contribution in [0, 0.1) is 0 Å². The second-order valence-electron chi connectivity index (χ2n) is 16.8. The van der Waals surface area contributed by atoms with Crippen molar-refractivity contribution in [3.05, 3.63) is 187 Å². The van der Waals surface area contributed by atoms with E-state index in [4.69, 9.17) is 0 Å². The molecule has 2 aromatic heterocycles. The summed E-state index contributed by atoms with van der Waals surface area (Å²) in [6.45, 7) is 13.6. The molecule has 0 unspecified atom stereocenters. The smallest absolute Gasteiger partial charge is 0.0635 e. The summed E-state index contributed by atoms with van der Waals surface area (Å²) >= 11 is 0. The van der Waals surface area contributed by atoms with Gasteiger partial charge in [-0.1, -0.05) is 133 Å². The Hall–Kier alpha value is -6.32. The van der Waals surface area contributed by atoms with Gasteiger partial charge in [-0.05, 0) is 112 Å². The van der Waals surface area contributed by atoms with Crippen molar-refractivity contribution in [3.8, 4) is 22.5 Å². The average Bonchev–Trinajstić information content (AvgIpc) is 3.78. The van der Waals surface area contributed by atoms with E-state index in [-0.39, 0.29) is 10.8 Å². The van der Waals surface area contributed by atoms with Gasteiger partial charge in [0.1, 0.15) is 0 Å². The third-order valence-electron chi connectivity index (χ3n) is 11.1. The fourth-order valence-corrected chi connectivity index (χ4v) is 8.03. The van der Waals surface area contributed by atoms with Crippen molar-refractivity contribution in [1.29, 1.82) is 0 Å². The third-order valence-corrected chi connectivity index (χ3v) is 11.1. The molecule has 0 spiro atoms. The quantitative estimate of drug-likeness (QED) is 0.167. The highest BCUT2D eigenvalue weighted by molar-refractivity contribution is 6.18. The molecule has 0 aliphatic carbocycles. The van der Waals surface area contributed by atoms with Crippen LogP contribution in [0.4, 0.5) is 17.1 Å². The molecule has 9 rings (SSSR count). The minimum atomic E-state index is 0.0844. The molecule has 0 radical (unpaired) electrons. The summed E-state index contributed by atoms with van der Waals surface area (Å²) in [4.78, 5) is 2.37. The first kappa shape index (κ1) is 34.4. The predicted octanol–water partition coefficient (Wildman–Crippen LogP) is 14.5. The van der Waals surface area contributed by atoms with Crippen molar-refractivity contribution in [2.45, 2.75) is 52.4 Å². The molecule has 0 aliphatic heterocycles. The molecule has 0 atom stereocenters. The molecule has 0 aliphatic rings. The number of nitrogens with zero attached hydrogens (tertiary/aromatic N) is 3. The summed E-state index contributed by atoms with van der Waals surface area (Å²) < 4.78 is 4.75. The molecule has 0 saturated carbocycles. The maximum atomic E-state index is 2.44. The number of fused-ring (bicyclic) bond motifs is 5. The Morgan fingerprint density at radius 2 is 0.891 bits per heavy atom. The van der Waals surface area contributed by atoms with Crippen molar-refractivity contribution < 1.29 is 0 Å². The summed E-state index contributed by atoms with van der Waals surface area (Å²) in [5.74, 6) is 0. The first-order chi connectivity index (χ1) is 26.5. The number of anilines is 3. The van der Waals surface area contributed by atoms with Gasteiger partial charge in [-0.25, -0.2) is 0 Å². The van der Waals surface area contributed by atoms with Crippen LogP contribution in [-0.2, 0) is 10.8 Å².